The predicted octanol–water partition coefficient (Wildman–Crippen LogP) is 2.36. The maximum atomic E-state index is 12.6. The average Bonchev–Trinajstić information content (AvgIpc) is 2.73. The summed E-state index contributed by atoms with van der Waals surface area (Å²) >= 11 is 1.64. The number of hydrogen-bond donors (Lipinski definition) is 3. The SMILES string of the molecule is CSCC[C@H](NC(N)=O)C(=O)N[C@H]1CCCCc2ccccc21. The first-order valence-electron chi connectivity index (χ1n) is 8.05. The summed E-state index contributed by atoms with van der Waals surface area (Å²) in [7, 11) is 0. The quantitative estimate of drug-likeness (QED) is 0.698. The Kier molecular flexibility index (Phi) is 6.77. The van der Waals surface area contributed by atoms with E-state index in [-0.39, 0.29) is 11.9 Å². The number of primary amides is 1. The van der Waals surface area contributed by atoms with Crippen molar-refractivity contribution in [2.75, 3.05) is 12.0 Å². The Morgan fingerprint density at radius 3 is 2.87 bits per heavy atom. The Labute approximate surface area is 141 Å². The lowest BCUT2D eigenvalue weighted by Gasteiger charge is -2.23. The van der Waals surface area contributed by atoms with Gasteiger partial charge in [0.25, 0.3) is 0 Å². The molecule has 0 fully saturated rings. The summed E-state index contributed by atoms with van der Waals surface area (Å²) in [6.45, 7) is 0. The van der Waals surface area contributed by atoms with Crippen LogP contribution in [0.2, 0.25) is 0 Å². The van der Waals surface area contributed by atoms with E-state index in [2.05, 4.69) is 22.8 Å². The topological polar surface area (TPSA) is 84.2 Å². The molecular formula is C17H25N3O2S. The van der Waals surface area contributed by atoms with Crippen LogP contribution in [0.4, 0.5) is 4.79 Å². The Morgan fingerprint density at radius 1 is 1.35 bits per heavy atom. The van der Waals surface area contributed by atoms with Crippen molar-refractivity contribution < 1.29 is 9.59 Å². The third-order valence-electron chi connectivity index (χ3n) is 4.18. The second-order valence-corrected chi connectivity index (χ2v) is 6.83. The first kappa shape index (κ1) is 17.7. The molecule has 2 rings (SSSR count). The van der Waals surface area contributed by atoms with Crippen LogP contribution in [0.1, 0.15) is 42.9 Å². The highest BCUT2D eigenvalue weighted by Gasteiger charge is 2.25. The van der Waals surface area contributed by atoms with E-state index in [9.17, 15) is 9.59 Å². The van der Waals surface area contributed by atoms with Crippen LogP contribution in [0, 0.1) is 0 Å². The van der Waals surface area contributed by atoms with Gasteiger partial charge in [-0.1, -0.05) is 30.7 Å². The summed E-state index contributed by atoms with van der Waals surface area (Å²) in [5, 5.41) is 5.67. The molecule has 0 saturated carbocycles. The predicted molar refractivity (Wildman–Crippen MR) is 94.4 cm³/mol. The Hall–Kier alpha value is -1.69. The Morgan fingerprint density at radius 2 is 2.13 bits per heavy atom. The zero-order valence-electron chi connectivity index (χ0n) is 13.5. The van der Waals surface area contributed by atoms with Crippen LogP contribution in [-0.4, -0.2) is 30.0 Å². The van der Waals surface area contributed by atoms with Crippen molar-refractivity contribution in [3.8, 4) is 0 Å². The highest BCUT2D eigenvalue weighted by atomic mass is 32.2. The van der Waals surface area contributed by atoms with Crippen molar-refractivity contribution in [2.24, 2.45) is 5.73 Å². The lowest BCUT2D eigenvalue weighted by molar-refractivity contribution is -0.123. The molecule has 0 saturated heterocycles. The summed E-state index contributed by atoms with van der Waals surface area (Å²) in [6.07, 6.45) is 6.74. The second kappa shape index (κ2) is 8.82. The third kappa shape index (κ3) is 5.16. The minimum absolute atomic E-state index is 0.00709. The van der Waals surface area contributed by atoms with Crippen molar-refractivity contribution in [3.63, 3.8) is 0 Å². The van der Waals surface area contributed by atoms with Gasteiger partial charge in [0.05, 0.1) is 6.04 Å². The number of urea groups is 1. The average molecular weight is 335 g/mol. The zero-order chi connectivity index (χ0) is 16.7. The molecule has 4 N–H and O–H groups in total. The van der Waals surface area contributed by atoms with Gasteiger partial charge >= 0.3 is 6.03 Å². The molecule has 1 aliphatic rings. The van der Waals surface area contributed by atoms with E-state index in [4.69, 9.17) is 5.73 Å². The van der Waals surface area contributed by atoms with Crippen LogP contribution in [0.5, 0.6) is 0 Å². The number of fused-ring (bicyclic) bond motifs is 1. The lowest BCUT2D eigenvalue weighted by atomic mass is 9.98. The zero-order valence-corrected chi connectivity index (χ0v) is 14.3. The molecule has 0 heterocycles. The summed E-state index contributed by atoms with van der Waals surface area (Å²) in [5.74, 6) is 0.638. The second-order valence-electron chi connectivity index (χ2n) is 5.85. The molecule has 5 nitrogen and oxygen atoms in total. The Bertz CT molecular complexity index is 550. The number of thioether (sulfide) groups is 1. The number of amides is 3. The van der Waals surface area contributed by atoms with Crippen molar-refractivity contribution in [2.45, 2.75) is 44.2 Å². The fourth-order valence-corrected chi connectivity index (χ4v) is 3.49. The molecule has 0 spiro atoms. The lowest BCUT2D eigenvalue weighted by Crippen LogP contribution is -2.49. The smallest absolute Gasteiger partial charge is 0.312 e. The van der Waals surface area contributed by atoms with Crippen LogP contribution in [0.25, 0.3) is 0 Å². The summed E-state index contributed by atoms with van der Waals surface area (Å²) in [6, 6.07) is 7.04. The van der Waals surface area contributed by atoms with Gasteiger partial charge in [-0.25, -0.2) is 4.79 Å². The summed E-state index contributed by atoms with van der Waals surface area (Å²) in [5.41, 5.74) is 7.70. The van der Waals surface area contributed by atoms with Crippen molar-refractivity contribution in [1.82, 2.24) is 10.6 Å². The standard InChI is InChI=1S/C17H25N3O2S/c1-23-11-10-15(20-17(18)22)16(21)19-14-9-5-3-7-12-6-2-4-8-13(12)14/h2,4,6,8,14-15H,3,5,7,9-11H2,1H3,(H,19,21)(H3,18,20,22)/t14-,15-/m0/s1. The van der Waals surface area contributed by atoms with Crippen LogP contribution in [0.3, 0.4) is 0 Å². The van der Waals surface area contributed by atoms with Gasteiger partial charge < -0.3 is 16.4 Å². The van der Waals surface area contributed by atoms with Gasteiger partial charge in [0.15, 0.2) is 0 Å². The van der Waals surface area contributed by atoms with E-state index in [1.165, 1.54) is 11.1 Å². The number of rotatable bonds is 6. The number of hydrogen-bond acceptors (Lipinski definition) is 3. The van der Waals surface area contributed by atoms with Crippen LogP contribution in [0.15, 0.2) is 24.3 Å². The maximum absolute atomic E-state index is 12.6. The van der Waals surface area contributed by atoms with Gasteiger partial charge in [-0.3, -0.25) is 4.79 Å². The fraction of sp³-hybridized carbons (Fsp3) is 0.529. The molecule has 0 aliphatic heterocycles. The van der Waals surface area contributed by atoms with Crippen LogP contribution in [-0.2, 0) is 11.2 Å². The van der Waals surface area contributed by atoms with Gasteiger partial charge in [0.1, 0.15) is 6.04 Å². The highest BCUT2D eigenvalue weighted by Crippen LogP contribution is 2.28. The molecule has 0 bridgehead atoms. The molecule has 0 radical (unpaired) electrons. The van der Waals surface area contributed by atoms with E-state index >= 15 is 0 Å². The summed E-state index contributed by atoms with van der Waals surface area (Å²) in [4.78, 5) is 23.7. The van der Waals surface area contributed by atoms with Crippen molar-refractivity contribution >= 4 is 23.7 Å². The minimum atomic E-state index is -0.660. The maximum Gasteiger partial charge on any atom is 0.312 e. The van der Waals surface area contributed by atoms with Gasteiger partial charge in [0, 0.05) is 0 Å². The molecule has 3 amide bonds. The van der Waals surface area contributed by atoms with Gasteiger partial charge in [-0.05, 0) is 48.8 Å². The molecule has 1 aromatic carbocycles. The molecule has 126 valence electrons. The van der Waals surface area contributed by atoms with E-state index in [1.54, 1.807) is 11.8 Å². The largest absolute Gasteiger partial charge is 0.352 e. The monoisotopic (exact) mass is 335 g/mol. The molecule has 23 heavy (non-hydrogen) atoms. The van der Waals surface area contributed by atoms with Crippen molar-refractivity contribution in [1.29, 1.82) is 0 Å². The first-order valence-corrected chi connectivity index (χ1v) is 9.44. The number of carbonyl (C=O) groups is 2. The molecule has 2 atom stereocenters. The van der Waals surface area contributed by atoms with Crippen molar-refractivity contribution in [3.05, 3.63) is 35.4 Å². The highest BCUT2D eigenvalue weighted by molar-refractivity contribution is 7.98. The molecule has 0 aromatic heterocycles. The molecule has 1 aromatic rings. The van der Waals surface area contributed by atoms with E-state index in [0.717, 1.165) is 31.4 Å². The molecule has 0 unspecified atom stereocenters. The van der Waals surface area contributed by atoms with Gasteiger partial charge in [-0.2, -0.15) is 11.8 Å². The minimum Gasteiger partial charge on any atom is -0.352 e. The van der Waals surface area contributed by atoms with Crippen LogP contribution < -0.4 is 16.4 Å². The van der Waals surface area contributed by atoms with Gasteiger partial charge in [-0.15, -0.1) is 0 Å². The van der Waals surface area contributed by atoms with E-state index in [1.807, 2.05) is 18.4 Å². The molecule has 1 aliphatic carbocycles. The normalized spacial score (nSPS) is 18.4. The number of benzene rings is 1. The molecular weight excluding hydrogens is 310 g/mol. The number of nitrogens with one attached hydrogen (secondary N) is 2. The third-order valence-corrected chi connectivity index (χ3v) is 4.82. The van der Waals surface area contributed by atoms with Gasteiger partial charge in [0.2, 0.25) is 5.91 Å². The summed E-state index contributed by atoms with van der Waals surface area (Å²) < 4.78 is 0. The number of nitrogens with two attached hydrogens (primary N) is 1. The molecule has 6 heteroatoms. The Balaban J connectivity index is 2.09. The van der Waals surface area contributed by atoms with Crippen LogP contribution >= 0.6 is 11.8 Å². The first-order chi connectivity index (χ1) is 11.1. The fourth-order valence-electron chi connectivity index (χ4n) is 3.02. The van der Waals surface area contributed by atoms with E-state index < -0.39 is 12.1 Å². The number of carbonyl (C=O) groups excluding carboxylic acids is 2. The van der Waals surface area contributed by atoms with E-state index in [0.29, 0.717) is 6.42 Å². The number of aryl methyl sites for hydroxylation is 1.